The molecule has 0 atom stereocenters. The third-order valence-electron chi connectivity index (χ3n) is 6.26. The molecule has 0 N–H and O–H groups in total. The minimum Gasteiger partial charge on any atom is -0.483 e. The molecule has 3 aromatic carbocycles. The minimum atomic E-state index is -0.518. The van der Waals surface area contributed by atoms with Gasteiger partial charge < -0.3 is 14.4 Å². The second-order valence-electron chi connectivity index (χ2n) is 8.76. The second-order valence-corrected chi connectivity index (χ2v) is 9.98. The Hall–Kier alpha value is -3.86. The zero-order valence-electron chi connectivity index (χ0n) is 20.8. The number of nitrogens with zero attached hydrogens (tertiary/aromatic N) is 3. The van der Waals surface area contributed by atoms with Crippen molar-refractivity contribution in [1.82, 2.24) is 4.90 Å². The maximum absolute atomic E-state index is 13.6. The molecular formula is C29H24BrN3O5S. The maximum atomic E-state index is 13.6. The van der Waals surface area contributed by atoms with Crippen molar-refractivity contribution in [2.45, 2.75) is 0 Å². The molecule has 2 heterocycles. The highest BCUT2D eigenvalue weighted by molar-refractivity contribution is 9.10. The van der Waals surface area contributed by atoms with Crippen LogP contribution in [-0.4, -0.2) is 60.6 Å². The number of anilines is 2. The lowest BCUT2D eigenvalue weighted by molar-refractivity contribution is -0.137. The molecule has 8 nitrogen and oxygen atoms in total. The van der Waals surface area contributed by atoms with Crippen molar-refractivity contribution in [3.8, 4) is 5.75 Å². The first-order valence-corrected chi connectivity index (χ1v) is 13.5. The Labute approximate surface area is 239 Å². The van der Waals surface area contributed by atoms with E-state index in [2.05, 4.69) is 15.9 Å². The number of hydrogen-bond donors (Lipinski definition) is 0. The van der Waals surface area contributed by atoms with Gasteiger partial charge in [-0.25, -0.2) is 0 Å². The van der Waals surface area contributed by atoms with Gasteiger partial charge in [0.2, 0.25) is 0 Å². The molecule has 2 fully saturated rings. The molecule has 0 aliphatic carbocycles. The number of ether oxygens (including phenoxy) is 2. The van der Waals surface area contributed by atoms with Crippen LogP contribution in [0.1, 0.15) is 5.56 Å². The number of benzene rings is 3. The predicted octanol–water partition coefficient (Wildman–Crippen LogP) is 4.44. The number of morpholine rings is 1. The topological polar surface area (TPSA) is 79.4 Å². The molecule has 0 aromatic heterocycles. The molecule has 198 valence electrons. The molecule has 0 saturated carbocycles. The Kier molecular flexibility index (Phi) is 8.16. The van der Waals surface area contributed by atoms with E-state index >= 15 is 0 Å². The zero-order chi connectivity index (χ0) is 27.4. The van der Waals surface area contributed by atoms with Gasteiger partial charge in [0.15, 0.2) is 11.7 Å². The molecular weight excluding hydrogens is 582 g/mol. The van der Waals surface area contributed by atoms with Crippen LogP contribution in [0.3, 0.4) is 0 Å². The third kappa shape index (κ3) is 5.78. The van der Waals surface area contributed by atoms with E-state index in [1.165, 1.54) is 15.9 Å². The van der Waals surface area contributed by atoms with Crippen molar-refractivity contribution in [2.24, 2.45) is 0 Å². The molecule has 2 saturated heterocycles. The van der Waals surface area contributed by atoms with Crippen LogP contribution in [0.4, 0.5) is 11.4 Å². The van der Waals surface area contributed by atoms with E-state index in [1.54, 1.807) is 71.6 Å². The molecule has 5 rings (SSSR count). The maximum Gasteiger partial charge on any atom is 0.270 e. The molecule has 3 amide bonds. The summed E-state index contributed by atoms with van der Waals surface area (Å²) in [5.74, 6) is -0.683. The van der Waals surface area contributed by atoms with Gasteiger partial charge in [0.25, 0.3) is 17.7 Å². The Morgan fingerprint density at radius 1 is 0.897 bits per heavy atom. The highest BCUT2D eigenvalue weighted by Gasteiger charge is 2.41. The van der Waals surface area contributed by atoms with Crippen LogP contribution in [0.2, 0.25) is 0 Å². The van der Waals surface area contributed by atoms with Crippen molar-refractivity contribution in [3.63, 3.8) is 0 Å². The van der Waals surface area contributed by atoms with Crippen LogP contribution < -0.4 is 14.5 Å². The smallest absolute Gasteiger partial charge is 0.270 e. The highest BCUT2D eigenvalue weighted by atomic mass is 79.9. The first-order valence-electron chi connectivity index (χ1n) is 12.3. The molecule has 0 bridgehead atoms. The number of rotatable bonds is 6. The van der Waals surface area contributed by atoms with E-state index in [4.69, 9.17) is 21.7 Å². The first kappa shape index (κ1) is 26.7. The van der Waals surface area contributed by atoms with Gasteiger partial charge in [-0.15, -0.1) is 0 Å². The summed E-state index contributed by atoms with van der Waals surface area (Å²) in [7, 11) is 0. The predicted molar refractivity (Wildman–Crippen MR) is 155 cm³/mol. The normalized spacial score (nSPS) is 16.0. The van der Waals surface area contributed by atoms with Crippen LogP contribution in [0.25, 0.3) is 6.08 Å². The quantitative estimate of drug-likeness (QED) is 0.235. The fourth-order valence-electron chi connectivity index (χ4n) is 4.27. The summed E-state index contributed by atoms with van der Waals surface area (Å²) in [4.78, 5) is 44.1. The molecule has 2 aliphatic rings. The largest absolute Gasteiger partial charge is 0.483 e. The van der Waals surface area contributed by atoms with E-state index in [9.17, 15) is 14.4 Å². The molecule has 0 spiro atoms. The lowest BCUT2D eigenvalue weighted by Crippen LogP contribution is -2.56. The summed E-state index contributed by atoms with van der Waals surface area (Å²) < 4.78 is 11.6. The number of carbonyl (C=O) groups excluding carboxylic acids is 3. The summed E-state index contributed by atoms with van der Waals surface area (Å²) in [6.45, 7) is 2.02. The van der Waals surface area contributed by atoms with Gasteiger partial charge >= 0.3 is 0 Å². The summed E-state index contributed by atoms with van der Waals surface area (Å²) in [6, 6.07) is 23.1. The van der Waals surface area contributed by atoms with Crippen LogP contribution in [0.5, 0.6) is 5.75 Å². The minimum absolute atomic E-state index is 0.0423. The van der Waals surface area contributed by atoms with Gasteiger partial charge in [0.1, 0.15) is 11.3 Å². The number of amides is 3. The summed E-state index contributed by atoms with van der Waals surface area (Å²) >= 11 is 9.12. The summed E-state index contributed by atoms with van der Waals surface area (Å²) in [6.07, 6.45) is 1.53. The number of carbonyl (C=O) groups is 3. The monoisotopic (exact) mass is 605 g/mol. The van der Waals surface area contributed by atoms with Crippen LogP contribution in [-0.2, 0) is 19.1 Å². The number of para-hydroxylation sites is 2. The van der Waals surface area contributed by atoms with Gasteiger partial charge in [-0.1, -0.05) is 42.5 Å². The van der Waals surface area contributed by atoms with E-state index in [0.717, 1.165) is 0 Å². The number of thiocarbonyl (C=S) groups is 1. The third-order valence-corrected chi connectivity index (χ3v) is 7.25. The molecule has 3 aromatic rings. The fourth-order valence-corrected chi connectivity index (χ4v) is 5.16. The SMILES string of the molecule is O=C(COc1ccc(C=C2C(=O)N(c3ccccc3)C(=S)N(c3ccccc3)C2=O)cc1Br)N1CCOCC1. The first-order chi connectivity index (χ1) is 18.9. The van der Waals surface area contributed by atoms with Gasteiger partial charge in [-0.3, -0.25) is 24.2 Å². The van der Waals surface area contributed by atoms with E-state index < -0.39 is 11.8 Å². The van der Waals surface area contributed by atoms with Crippen molar-refractivity contribution in [3.05, 3.63) is 94.5 Å². The average Bonchev–Trinajstić information content (AvgIpc) is 2.96. The van der Waals surface area contributed by atoms with E-state index in [1.807, 2.05) is 12.1 Å². The Balaban J connectivity index is 1.43. The second kappa shape index (κ2) is 11.9. The molecule has 10 heteroatoms. The molecule has 39 heavy (non-hydrogen) atoms. The van der Waals surface area contributed by atoms with E-state index in [0.29, 0.717) is 53.5 Å². The van der Waals surface area contributed by atoms with Crippen LogP contribution in [0, 0.1) is 0 Å². The van der Waals surface area contributed by atoms with Gasteiger partial charge in [-0.2, -0.15) is 0 Å². The van der Waals surface area contributed by atoms with E-state index in [-0.39, 0.29) is 23.2 Å². The Morgan fingerprint density at radius 2 is 1.46 bits per heavy atom. The van der Waals surface area contributed by atoms with Gasteiger partial charge in [0.05, 0.1) is 29.1 Å². The van der Waals surface area contributed by atoms with Gasteiger partial charge in [-0.05, 0) is 76.2 Å². The van der Waals surface area contributed by atoms with Crippen molar-refractivity contribution in [1.29, 1.82) is 0 Å². The van der Waals surface area contributed by atoms with Gasteiger partial charge in [0, 0.05) is 13.1 Å². The van der Waals surface area contributed by atoms with Crippen LogP contribution >= 0.6 is 28.1 Å². The summed E-state index contributed by atoms with van der Waals surface area (Å²) in [5.41, 5.74) is 1.67. The van der Waals surface area contributed by atoms with Crippen molar-refractivity contribution in [2.75, 3.05) is 42.7 Å². The zero-order valence-corrected chi connectivity index (χ0v) is 23.2. The Morgan fingerprint density at radius 3 is 2.00 bits per heavy atom. The summed E-state index contributed by atoms with van der Waals surface area (Å²) in [5, 5.41) is 0.0782. The standard InChI is InChI=1S/C29H24BrN3O5S/c30-24-18-20(11-12-25(24)38-19-26(34)31-13-15-37-16-14-31)17-23-27(35)32(21-7-3-1-4-8-21)29(39)33(28(23)36)22-9-5-2-6-10-22/h1-12,17-18H,13-16,19H2. The Bertz CT molecular complexity index is 1380. The number of halogens is 1. The number of hydrogen-bond acceptors (Lipinski definition) is 6. The molecule has 0 unspecified atom stereocenters. The van der Waals surface area contributed by atoms with Crippen molar-refractivity contribution >= 4 is 68.4 Å². The highest BCUT2D eigenvalue weighted by Crippen LogP contribution is 2.31. The lowest BCUT2D eigenvalue weighted by Gasteiger charge is -2.36. The fraction of sp³-hybridized carbons (Fsp3) is 0.172. The van der Waals surface area contributed by atoms with Crippen LogP contribution in [0.15, 0.2) is 88.9 Å². The lowest BCUT2D eigenvalue weighted by atomic mass is 10.0. The van der Waals surface area contributed by atoms with Crippen molar-refractivity contribution < 1.29 is 23.9 Å². The molecule has 2 aliphatic heterocycles. The average molecular weight is 606 g/mol. The molecule has 0 radical (unpaired) electrons.